The second-order valence-electron chi connectivity index (χ2n) is 4.48. The second kappa shape index (κ2) is 6.39. The molecule has 0 aromatic heterocycles. The molecule has 0 radical (unpaired) electrons. The summed E-state index contributed by atoms with van der Waals surface area (Å²) in [7, 11) is 0. The Morgan fingerprint density at radius 1 is 1.40 bits per heavy atom. The van der Waals surface area contributed by atoms with E-state index in [1.165, 1.54) is 18.2 Å². The first-order valence-corrected chi connectivity index (χ1v) is 7.32. The zero-order valence-electron chi connectivity index (χ0n) is 10.6. The van der Waals surface area contributed by atoms with Gasteiger partial charge in [0.25, 0.3) is 5.91 Å². The van der Waals surface area contributed by atoms with E-state index in [1.807, 2.05) is 11.8 Å². The third-order valence-corrected chi connectivity index (χ3v) is 4.16. The van der Waals surface area contributed by atoms with Crippen LogP contribution < -0.4 is 10.1 Å². The monoisotopic (exact) mass is 305 g/mol. The number of benzene rings is 1. The van der Waals surface area contributed by atoms with Gasteiger partial charge in [-0.2, -0.15) is 11.8 Å². The molecule has 0 bridgehead atoms. The van der Waals surface area contributed by atoms with Crippen LogP contribution in [-0.2, 0) is 0 Å². The van der Waals surface area contributed by atoms with Crippen molar-refractivity contribution in [1.29, 1.82) is 0 Å². The molecule has 1 atom stereocenters. The van der Waals surface area contributed by atoms with E-state index in [4.69, 9.17) is 0 Å². The summed E-state index contributed by atoms with van der Waals surface area (Å²) in [5.74, 6) is 1.41. The number of thioether (sulfide) groups is 1. The maximum Gasteiger partial charge on any atom is 0.573 e. The van der Waals surface area contributed by atoms with Gasteiger partial charge < -0.3 is 10.1 Å². The average molecular weight is 305 g/mol. The van der Waals surface area contributed by atoms with Gasteiger partial charge in [0, 0.05) is 6.54 Å². The normalized spacial score (nSPS) is 18.9. The minimum absolute atomic E-state index is 0.101. The van der Waals surface area contributed by atoms with E-state index < -0.39 is 18.0 Å². The molecule has 1 aromatic rings. The van der Waals surface area contributed by atoms with Gasteiger partial charge in [0.15, 0.2) is 0 Å². The highest BCUT2D eigenvalue weighted by atomic mass is 32.2. The summed E-state index contributed by atoms with van der Waals surface area (Å²) < 4.78 is 40.6. The maximum atomic E-state index is 12.3. The first-order chi connectivity index (χ1) is 9.46. The first kappa shape index (κ1) is 15.0. The minimum Gasteiger partial charge on any atom is -0.405 e. The van der Waals surface area contributed by atoms with Crippen molar-refractivity contribution in [3.05, 3.63) is 29.8 Å². The molecule has 1 aromatic carbocycles. The zero-order chi connectivity index (χ0) is 14.6. The molecule has 1 heterocycles. The second-order valence-corrected chi connectivity index (χ2v) is 5.63. The Morgan fingerprint density at radius 3 is 2.80 bits per heavy atom. The summed E-state index contributed by atoms with van der Waals surface area (Å²) in [6, 6.07) is 5.35. The van der Waals surface area contributed by atoms with Crippen molar-refractivity contribution < 1.29 is 22.7 Å². The largest absolute Gasteiger partial charge is 0.573 e. The standard InChI is InChI=1S/C13H14F3NO2S/c14-13(15,16)19-11-4-2-1-3-10(11)12(18)17-7-9-5-6-20-8-9/h1-4,9H,5-8H2,(H,17,18)/t9-/m1/s1. The predicted molar refractivity (Wildman–Crippen MR) is 70.9 cm³/mol. The highest BCUT2D eigenvalue weighted by molar-refractivity contribution is 7.99. The smallest absolute Gasteiger partial charge is 0.405 e. The Morgan fingerprint density at radius 2 is 2.15 bits per heavy atom. The van der Waals surface area contributed by atoms with Crippen LogP contribution in [0, 0.1) is 5.92 Å². The molecule has 110 valence electrons. The fourth-order valence-electron chi connectivity index (χ4n) is 1.94. The number of hydrogen-bond donors (Lipinski definition) is 1. The zero-order valence-corrected chi connectivity index (χ0v) is 11.4. The Labute approximate surface area is 118 Å². The average Bonchev–Trinajstić information content (AvgIpc) is 2.88. The molecule has 0 spiro atoms. The van der Waals surface area contributed by atoms with Gasteiger partial charge in [-0.15, -0.1) is 13.2 Å². The van der Waals surface area contributed by atoms with E-state index in [9.17, 15) is 18.0 Å². The molecular weight excluding hydrogens is 291 g/mol. The van der Waals surface area contributed by atoms with E-state index in [1.54, 1.807) is 0 Å². The number of rotatable bonds is 4. The molecule has 1 N–H and O–H groups in total. The molecule has 3 nitrogen and oxygen atoms in total. The Bertz CT molecular complexity index is 473. The topological polar surface area (TPSA) is 38.3 Å². The molecular formula is C13H14F3NO2S. The molecule has 0 aliphatic carbocycles. The maximum absolute atomic E-state index is 12.3. The van der Waals surface area contributed by atoms with Crippen molar-refractivity contribution in [2.75, 3.05) is 18.1 Å². The van der Waals surface area contributed by atoms with Crippen LogP contribution in [0.5, 0.6) is 5.75 Å². The number of carbonyl (C=O) groups is 1. The van der Waals surface area contributed by atoms with Crippen molar-refractivity contribution in [1.82, 2.24) is 5.32 Å². The van der Waals surface area contributed by atoms with Crippen molar-refractivity contribution >= 4 is 17.7 Å². The fraction of sp³-hybridized carbons (Fsp3) is 0.462. The molecule has 1 saturated heterocycles. The Balaban J connectivity index is 2.01. The number of nitrogens with one attached hydrogen (secondary N) is 1. The lowest BCUT2D eigenvalue weighted by molar-refractivity contribution is -0.274. The van der Waals surface area contributed by atoms with Crippen LogP contribution in [0.2, 0.25) is 0 Å². The van der Waals surface area contributed by atoms with Crippen molar-refractivity contribution in [3.8, 4) is 5.75 Å². The molecule has 0 saturated carbocycles. The van der Waals surface area contributed by atoms with E-state index >= 15 is 0 Å². The quantitative estimate of drug-likeness (QED) is 0.929. The minimum atomic E-state index is -4.81. The molecule has 1 aliphatic heterocycles. The third-order valence-electron chi connectivity index (χ3n) is 2.93. The van der Waals surface area contributed by atoms with Crippen LogP contribution >= 0.6 is 11.8 Å². The van der Waals surface area contributed by atoms with Crippen LogP contribution in [0.1, 0.15) is 16.8 Å². The van der Waals surface area contributed by atoms with Gasteiger partial charge in [-0.3, -0.25) is 4.79 Å². The van der Waals surface area contributed by atoms with Gasteiger partial charge in [-0.1, -0.05) is 12.1 Å². The SMILES string of the molecule is O=C(NC[C@H]1CCSC1)c1ccccc1OC(F)(F)F. The summed E-state index contributed by atoms with van der Waals surface area (Å²) in [5, 5.41) is 2.67. The van der Waals surface area contributed by atoms with E-state index in [2.05, 4.69) is 10.1 Å². The Kier molecular flexibility index (Phi) is 4.80. The molecule has 0 unspecified atom stereocenters. The summed E-state index contributed by atoms with van der Waals surface area (Å²) in [4.78, 5) is 11.9. The number of carbonyl (C=O) groups excluding carboxylic acids is 1. The van der Waals surface area contributed by atoms with Gasteiger partial charge >= 0.3 is 6.36 Å². The molecule has 1 amide bonds. The van der Waals surface area contributed by atoms with E-state index in [0.29, 0.717) is 12.5 Å². The summed E-state index contributed by atoms with van der Waals surface area (Å²) in [5.41, 5.74) is -0.101. The van der Waals surface area contributed by atoms with Crippen molar-refractivity contribution in [2.24, 2.45) is 5.92 Å². The van der Waals surface area contributed by atoms with Crippen LogP contribution in [-0.4, -0.2) is 30.3 Å². The molecule has 20 heavy (non-hydrogen) atoms. The lowest BCUT2D eigenvalue weighted by atomic mass is 10.1. The van der Waals surface area contributed by atoms with Crippen molar-refractivity contribution in [2.45, 2.75) is 12.8 Å². The van der Waals surface area contributed by atoms with Crippen molar-refractivity contribution in [3.63, 3.8) is 0 Å². The number of hydrogen-bond acceptors (Lipinski definition) is 3. The Hall–Kier alpha value is -1.37. The lowest BCUT2D eigenvalue weighted by Gasteiger charge is -2.14. The predicted octanol–water partition coefficient (Wildman–Crippen LogP) is 3.07. The van der Waals surface area contributed by atoms with Crippen LogP contribution in [0.3, 0.4) is 0 Å². The molecule has 1 fully saturated rings. The number of alkyl halides is 3. The lowest BCUT2D eigenvalue weighted by Crippen LogP contribution is -2.30. The number of ether oxygens (including phenoxy) is 1. The highest BCUT2D eigenvalue weighted by Gasteiger charge is 2.32. The van der Waals surface area contributed by atoms with Gasteiger partial charge in [-0.05, 0) is 36.0 Å². The highest BCUT2D eigenvalue weighted by Crippen LogP contribution is 2.26. The van der Waals surface area contributed by atoms with Gasteiger partial charge in [-0.25, -0.2) is 0 Å². The van der Waals surface area contributed by atoms with Gasteiger partial charge in [0.1, 0.15) is 5.75 Å². The number of halogens is 3. The molecule has 1 aliphatic rings. The van der Waals surface area contributed by atoms with Crippen LogP contribution in [0.15, 0.2) is 24.3 Å². The number of amides is 1. The van der Waals surface area contributed by atoms with E-state index in [-0.39, 0.29) is 5.56 Å². The third kappa shape index (κ3) is 4.33. The summed E-state index contributed by atoms with van der Waals surface area (Å²) in [6.45, 7) is 0.478. The fourth-order valence-corrected chi connectivity index (χ4v) is 3.23. The molecule has 2 rings (SSSR count). The van der Waals surface area contributed by atoms with Crippen LogP contribution in [0.4, 0.5) is 13.2 Å². The molecule has 7 heteroatoms. The van der Waals surface area contributed by atoms with Crippen LogP contribution in [0.25, 0.3) is 0 Å². The summed E-state index contributed by atoms with van der Waals surface area (Å²) in [6.07, 6.45) is -3.79. The van der Waals surface area contributed by atoms with E-state index in [0.717, 1.165) is 24.0 Å². The van der Waals surface area contributed by atoms with Gasteiger partial charge in [0.2, 0.25) is 0 Å². The first-order valence-electron chi connectivity index (χ1n) is 6.16. The number of para-hydroxylation sites is 1. The summed E-state index contributed by atoms with van der Waals surface area (Å²) >= 11 is 1.82. The van der Waals surface area contributed by atoms with Gasteiger partial charge in [0.05, 0.1) is 5.56 Å².